The lowest BCUT2D eigenvalue weighted by molar-refractivity contribution is 0.00578. The summed E-state index contributed by atoms with van der Waals surface area (Å²) in [7, 11) is -0.350. The number of halogens is 1. The molecular weight excluding hydrogens is 1070 g/mol. The minimum absolute atomic E-state index is 0.342. The highest BCUT2D eigenvalue weighted by molar-refractivity contribution is 6.62. The first-order valence-electron chi connectivity index (χ1n) is 29.5. The first-order chi connectivity index (χ1) is 41.6. The molecule has 0 amide bonds. The summed E-state index contributed by atoms with van der Waals surface area (Å²) in [4.78, 5) is 18.9. The van der Waals surface area contributed by atoms with E-state index < -0.39 is 0 Å². The Balaban J connectivity index is 0.000000117. The van der Waals surface area contributed by atoms with Crippen molar-refractivity contribution >= 4 is 89.3 Å². The minimum Gasteiger partial charge on any atom is -0.399 e. The Bertz CT molecular complexity index is 5140. The van der Waals surface area contributed by atoms with Gasteiger partial charge in [-0.2, -0.15) is 0 Å². The van der Waals surface area contributed by atoms with Crippen LogP contribution in [0.5, 0.6) is 0 Å². The monoisotopic (exact) mass is 1130 g/mol. The summed E-state index contributed by atoms with van der Waals surface area (Å²) in [5.74, 6) is 0. The molecule has 86 heavy (non-hydrogen) atoms. The van der Waals surface area contributed by atoms with Gasteiger partial charge in [0.2, 0.25) is 0 Å². The highest BCUT2D eigenvalue weighted by Crippen LogP contribution is 2.50. The Morgan fingerprint density at radius 1 is 0.314 bits per heavy atom. The molecular formula is C78H60BClN4O2. The maximum atomic E-state index is 6.27. The van der Waals surface area contributed by atoms with E-state index in [0.717, 1.165) is 76.9 Å². The molecule has 0 radical (unpaired) electrons. The van der Waals surface area contributed by atoms with E-state index in [9.17, 15) is 0 Å². The van der Waals surface area contributed by atoms with Crippen molar-refractivity contribution in [1.29, 1.82) is 0 Å². The average Bonchev–Trinajstić information content (AvgIpc) is 2.00. The predicted molar refractivity (Wildman–Crippen MR) is 360 cm³/mol. The van der Waals surface area contributed by atoms with Gasteiger partial charge in [0.05, 0.1) is 38.3 Å². The number of pyridine rings is 4. The second kappa shape index (κ2) is 20.4. The minimum atomic E-state index is -0.350. The third kappa shape index (κ3) is 9.04. The summed E-state index contributed by atoms with van der Waals surface area (Å²) >= 11 is 6.23. The fraction of sp³-hybridized carbons (Fsp3) is 0.128. The van der Waals surface area contributed by atoms with E-state index in [4.69, 9.17) is 30.9 Å². The third-order valence-electron chi connectivity index (χ3n) is 18.0. The highest BCUT2D eigenvalue weighted by Gasteiger charge is 2.51. The summed E-state index contributed by atoms with van der Waals surface area (Å²) in [5, 5.41) is 10.4. The van der Waals surface area contributed by atoms with Gasteiger partial charge in [0.25, 0.3) is 0 Å². The molecule has 5 heterocycles. The molecule has 4 aromatic heterocycles. The zero-order valence-electron chi connectivity index (χ0n) is 49.3. The first kappa shape index (κ1) is 53.4. The van der Waals surface area contributed by atoms with Gasteiger partial charge < -0.3 is 9.31 Å². The van der Waals surface area contributed by atoms with Gasteiger partial charge in [0, 0.05) is 44.3 Å². The van der Waals surface area contributed by atoms with Crippen LogP contribution in [0, 0.1) is 27.7 Å². The lowest BCUT2D eigenvalue weighted by Crippen LogP contribution is -2.41. The number of aryl methyl sites for hydroxylation is 4. The summed E-state index contributed by atoms with van der Waals surface area (Å²) in [6.07, 6.45) is 0. The standard InChI is InChI=1S/C36H24N2.C28H25BO2.C14H11ClN2/c1-21-12-13-24-14-17-31-32(18-22(2)38-36(31)35(24)37-21)27-9-3-8-25(19-27)26-15-16-28-29-10-4-6-23-7-5-11-30(34(23)29)33(28)20-26;1-27(2)28(3,4)31-29(30-27)21-11-5-10-19(16-21)20-14-15-22-23-12-6-8-18-9-7-13-24(26(18)23)25(22)17-20;1-8-3-4-10-5-6-11-12(15)7-9(2)17-14(11)13(10)16-8/h3-20H,1-2H3;5-17H,1-4H3;3-7H,1-2H3. The highest BCUT2D eigenvalue weighted by atomic mass is 35.5. The van der Waals surface area contributed by atoms with Crippen LogP contribution in [0.25, 0.3) is 143 Å². The van der Waals surface area contributed by atoms with Crippen molar-refractivity contribution in [2.45, 2.75) is 66.6 Å². The van der Waals surface area contributed by atoms with E-state index in [1.165, 1.54) is 99.4 Å². The fourth-order valence-electron chi connectivity index (χ4n) is 13.0. The molecule has 0 saturated carbocycles. The molecule has 0 atom stereocenters. The molecule has 6 nitrogen and oxygen atoms in total. The number of hydrogen-bond acceptors (Lipinski definition) is 6. The predicted octanol–water partition coefficient (Wildman–Crippen LogP) is 20.0. The van der Waals surface area contributed by atoms with E-state index in [0.29, 0.717) is 0 Å². The number of benzene rings is 10. The fourth-order valence-corrected chi connectivity index (χ4v) is 13.3. The lowest BCUT2D eigenvalue weighted by atomic mass is 9.78. The molecule has 414 valence electrons. The van der Waals surface area contributed by atoms with E-state index in [2.05, 4.69) is 239 Å². The van der Waals surface area contributed by atoms with E-state index in [1.54, 1.807) is 0 Å². The molecule has 17 rings (SSSR count). The van der Waals surface area contributed by atoms with Gasteiger partial charge in [-0.3, -0.25) is 19.9 Å². The largest absolute Gasteiger partial charge is 0.494 e. The molecule has 0 unspecified atom stereocenters. The van der Waals surface area contributed by atoms with E-state index in [1.807, 2.05) is 45.0 Å². The second-order valence-electron chi connectivity index (χ2n) is 24.3. The molecule has 3 aliphatic rings. The molecule has 1 saturated heterocycles. The third-order valence-corrected chi connectivity index (χ3v) is 18.3. The van der Waals surface area contributed by atoms with E-state index in [-0.39, 0.29) is 18.3 Å². The van der Waals surface area contributed by atoms with Crippen molar-refractivity contribution < 1.29 is 9.31 Å². The van der Waals surface area contributed by atoms with Crippen LogP contribution in [0.4, 0.5) is 0 Å². The zero-order chi connectivity index (χ0) is 58.8. The molecule has 1 fully saturated rings. The van der Waals surface area contributed by atoms with Gasteiger partial charge in [-0.05, 0) is 203 Å². The molecule has 1 aliphatic heterocycles. The van der Waals surface area contributed by atoms with Crippen LogP contribution in [-0.4, -0.2) is 38.3 Å². The van der Waals surface area contributed by atoms with Crippen LogP contribution < -0.4 is 5.46 Å². The van der Waals surface area contributed by atoms with Crippen LogP contribution in [-0.2, 0) is 9.31 Å². The molecule has 2 aliphatic carbocycles. The summed E-state index contributed by atoms with van der Waals surface area (Å²) in [6.45, 7) is 16.4. The maximum absolute atomic E-state index is 6.27. The average molecular weight is 1130 g/mol. The van der Waals surface area contributed by atoms with Crippen molar-refractivity contribution in [2.75, 3.05) is 0 Å². The van der Waals surface area contributed by atoms with Crippen molar-refractivity contribution in [1.82, 2.24) is 19.9 Å². The lowest BCUT2D eigenvalue weighted by Gasteiger charge is -2.32. The number of hydrogen-bond donors (Lipinski definition) is 0. The van der Waals surface area contributed by atoms with Crippen LogP contribution in [0.15, 0.2) is 218 Å². The Hall–Kier alpha value is -9.37. The Kier molecular flexibility index (Phi) is 12.7. The SMILES string of the molecule is CC1(C)OB(c2cccc(-c3ccc4c(c3)-c3cccc5cccc-4c35)c2)OC1(C)C.Cc1ccc2ccc3c(-c4cccc(-c5ccc6c(c5)-c5cccc7cccc-6c57)c4)cc(C)nc3c2n1.Cc1ccc2ccc3c(Cl)cc(C)nc3c2n1. The number of fused-ring (bicyclic) bond motifs is 12. The smallest absolute Gasteiger partial charge is 0.399 e. The summed E-state index contributed by atoms with van der Waals surface area (Å²) in [6, 6.07) is 78.3. The second-order valence-corrected chi connectivity index (χ2v) is 24.7. The normalized spacial score (nSPS) is 13.9. The Morgan fingerprint density at radius 3 is 1.28 bits per heavy atom. The molecule has 0 N–H and O–H groups in total. The molecule has 0 bridgehead atoms. The van der Waals surface area contributed by atoms with Gasteiger partial charge in [-0.25, -0.2) is 0 Å². The van der Waals surface area contributed by atoms with Crippen LogP contribution >= 0.6 is 11.6 Å². The Morgan fingerprint density at radius 2 is 0.733 bits per heavy atom. The van der Waals surface area contributed by atoms with Gasteiger partial charge >= 0.3 is 7.12 Å². The van der Waals surface area contributed by atoms with Gasteiger partial charge in [0.1, 0.15) is 0 Å². The molecule has 14 aromatic rings. The molecule has 8 heteroatoms. The first-order valence-corrected chi connectivity index (χ1v) is 29.9. The number of rotatable bonds is 4. The van der Waals surface area contributed by atoms with Crippen molar-refractivity contribution in [3.05, 3.63) is 246 Å². The van der Waals surface area contributed by atoms with Crippen LogP contribution in [0.3, 0.4) is 0 Å². The van der Waals surface area contributed by atoms with Gasteiger partial charge in [-0.15, -0.1) is 0 Å². The molecule has 10 aromatic carbocycles. The summed E-state index contributed by atoms with van der Waals surface area (Å²) in [5.41, 5.74) is 25.8. The van der Waals surface area contributed by atoms with Gasteiger partial charge in [0.15, 0.2) is 0 Å². The quantitative estimate of drug-likeness (QED) is 0.129. The zero-order valence-corrected chi connectivity index (χ0v) is 50.1. The Labute approximate surface area is 506 Å². The van der Waals surface area contributed by atoms with Crippen molar-refractivity contribution in [2.24, 2.45) is 0 Å². The number of nitrogens with zero attached hydrogens (tertiary/aromatic N) is 4. The summed E-state index contributed by atoms with van der Waals surface area (Å²) < 4.78 is 12.5. The van der Waals surface area contributed by atoms with Gasteiger partial charge in [-0.1, -0.05) is 188 Å². The van der Waals surface area contributed by atoms with E-state index >= 15 is 0 Å². The van der Waals surface area contributed by atoms with Crippen molar-refractivity contribution in [3.8, 4) is 77.9 Å². The topological polar surface area (TPSA) is 70.0 Å². The maximum Gasteiger partial charge on any atom is 0.494 e. The molecule has 0 spiro atoms. The van der Waals surface area contributed by atoms with Crippen molar-refractivity contribution in [3.63, 3.8) is 0 Å². The number of aromatic nitrogens is 4. The van der Waals surface area contributed by atoms with Crippen LogP contribution in [0.1, 0.15) is 50.5 Å². The van der Waals surface area contributed by atoms with Crippen LogP contribution in [0.2, 0.25) is 5.02 Å².